The molecule has 1 aromatic heterocycles. The zero-order chi connectivity index (χ0) is 21.3. The molecule has 0 radical (unpaired) electrons. The van der Waals surface area contributed by atoms with Crippen LogP contribution in [0.5, 0.6) is 5.75 Å². The summed E-state index contributed by atoms with van der Waals surface area (Å²) in [6, 6.07) is 5.56. The molecule has 1 unspecified atom stereocenters. The number of piperidine rings is 1. The highest BCUT2D eigenvalue weighted by molar-refractivity contribution is 6.32. The predicted molar refractivity (Wildman–Crippen MR) is 106 cm³/mol. The molecule has 0 saturated carbocycles. The predicted octanol–water partition coefficient (Wildman–Crippen LogP) is 4.80. The van der Waals surface area contributed by atoms with Crippen molar-refractivity contribution in [2.24, 2.45) is 5.92 Å². The summed E-state index contributed by atoms with van der Waals surface area (Å²) in [6.45, 7) is 2.85. The number of alkyl halides is 3. The highest BCUT2D eigenvalue weighted by Crippen LogP contribution is 2.36. The number of aromatic nitrogens is 2. The number of hydrogen-bond acceptors (Lipinski definition) is 4. The number of aliphatic hydroxyl groups is 1. The summed E-state index contributed by atoms with van der Waals surface area (Å²) < 4.78 is 45.3. The third-order valence-electron chi connectivity index (χ3n) is 5.35. The lowest BCUT2D eigenvalue weighted by Gasteiger charge is -2.35. The minimum atomic E-state index is -4.62. The Morgan fingerprint density at radius 1 is 1.28 bits per heavy atom. The summed E-state index contributed by atoms with van der Waals surface area (Å²) in [5, 5.41) is 14.3. The summed E-state index contributed by atoms with van der Waals surface area (Å²) in [6.07, 6.45) is -4.03. The second-order valence-corrected chi connectivity index (χ2v) is 7.92. The van der Waals surface area contributed by atoms with E-state index >= 15 is 0 Å². The van der Waals surface area contributed by atoms with Crippen molar-refractivity contribution in [2.75, 3.05) is 25.1 Å². The number of nitrogens with zero attached hydrogens (tertiary/aromatic N) is 3. The highest BCUT2D eigenvalue weighted by atomic mass is 35.5. The average molecular weight is 452 g/mol. The molecular weight excluding hydrogens is 430 g/mol. The quantitative estimate of drug-likeness (QED) is 0.708. The van der Waals surface area contributed by atoms with Gasteiger partial charge < -0.3 is 14.7 Å². The van der Waals surface area contributed by atoms with E-state index in [1.54, 1.807) is 13.2 Å². The molecule has 160 valence electrons. The van der Waals surface area contributed by atoms with E-state index in [9.17, 15) is 18.3 Å². The minimum absolute atomic E-state index is 0.0267. The molecule has 2 aromatic rings. The Morgan fingerprint density at radius 2 is 1.93 bits per heavy atom. The van der Waals surface area contributed by atoms with Crippen LogP contribution in [0.4, 0.5) is 18.9 Å². The van der Waals surface area contributed by atoms with E-state index in [-0.39, 0.29) is 18.2 Å². The van der Waals surface area contributed by atoms with E-state index in [2.05, 4.69) is 10.00 Å². The first kappa shape index (κ1) is 22.1. The van der Waals surface area contributed by atoms with Crippen molar-refractivity contribution in [3.05, 3.63) is 39.6 Å². The maximum absolute atomic E-state index is 13.0. The largest absolute Gasteiger partial charge is 0.495 e. The molecule has 1 aromatic carbocycles. The standard InChI is InChI=1S/C19H22Cl2F3N3O2/c1-11-17(21)18(19(22,23)24)25-27(11)10-15(28)12-5-7-26(8-6-12)13-3-4-14(20)16(9-13)29-2/h3-4,9,12,15,28H,5-8,10H2,1-2H3. The van der Waals surface area contributed by atoms with Gasteiger partial charge in [0.1, 0.15) is 5.75 Å². The first-order valence-corrected chi connectivity index (χ1v) is 9.94. The second-order valence-electron chi connectivity index (χ2n) is 7.14. The molecule has 10 heteroatoms. The van der Waals surface area contributed by atoms with Gasteiger partial charge in [0, 0.05) is 24.8 Å². The van der Waals surface area contributed by atoms with Crippen molar-refractivity contribution in [2.45, 2.75) is 38.6 Å². The zero-order valence-corrected chi connectivity index (χ0v) is 17.5. The van der Waals surface area contributed by atoms with E-state index in [0.717, 1.165) is 10.4 Å². The summed E-state index contributed by atoms with van der Waals surface area (Å²) in [5.74, 6) is 0.551. The van der Waals surface area contributed by atoms with Crippen LogP contribution >= 0.6 is 23.2 Å². The molecule has 29 heavy (non-hydrogen) atoms. The Labute approximate surface area is 177 Å². The van der Waals surface area contributed by atoms with Gasteiger partial charge in [-0.2, -0.15) is 18.3 Å². The Kier molecular flexibility index (Phi) is 6.55. The normalized spacial score (nSPS) is 16.9. The molecule has 1 aliphatic heterocycles. The van der Waals surface area contributed by atoms with Crippen LogP contribution in [0.3, 0.4) is 0 Å². The molecule has 0 amide bonds. The van der Waals surface area contributed by atoms with Crippen molar-refractivity contribution in [1.29, 1.82) is 0 Å². The molecule has 1 saturated heterocycles. The van der Waals surface area contributed by atoms with Crippen LogP contribution < -0.4 is 9.64 Å². The number of methoxy groups -OCH3 is 1. The summed E-state index contributed by atoms with van der Waals surface area (Å²) in [4.78, 5) is 2.17. The lowest BCUT2D eigenvalue weighted by atomic mass is 9.91. The number of halogens is 5. The van der Waals surface area contributed by atoms with Crippen molar-refractivity contribution in [3.8, 4) is 5.75 Å². The van der Waals surface area contributed by atoms with Crippen LogP contribution in [0, 0.1) is 12.8 Å². The third-order valence-corrected chi connectivity index (χ3v) is 6.11. The van der Waals surface area contributed by atoms with Crippen LogP contribution in [0.1, 0.15) is 24.2 Å². The van der Waals surface area contributed by atoms with Gasteiger partial charge in [-0.25, -0.2) is 0 Å². The van der Waals surface area contributed by atoms with Crippen molar-refractivity contribution in [1.82, 2.24) is 9.78 Å². The van der Waals surface area contributed by atoms with E-state index in [0.29, 0.717) is 36.7 Å². The van der Waals surface area contributed by atoms with Crippen LogP contribution in [0.2, 0.25) is 10.0 Å². The van der Waals surface area contributed by atoms with Crippen molar-refractivity contribution >= 4 is 28.9 Å². The van der Waals surface area contributed by atoms with E-state index in [1.165, 1.54) is 6.92 Å². The zero-order valence-electron chi connectivity index (χ0n) is 16.0. The van der Waals surface area contributed by atoms with Gasteiger partial charge in [-0.3, -0.25) is 4.68 Å². The number of hydrogen-bond donors (Lipinski definition) is 1. The average Bonchev–Trinajstić information content (AvgIpc) is 2.97. The first-order chi connectivity index (χ1) is 13.6. The Morgan fingerprint density at radius 3 is 2.48 bits per heavy atom. The SMILES string of the molecule is COc1cc(N2CCC(C(O)Cn3nc(C(F)(F)F)c(Cl)c3C)CC2)ccc1Cl. The van der Waals surface area contributed by atoms with Gasteiger partial charge in [-0.15, -0.1) is 0 Å². The monoisotopic (exact) mass is 451 g/mol. The molecule has 1 aliphatic rings. The van der Waals surface area contributed by atoms with Gasteiger partial charge in [0.05, 0.1) is 35.5 Å². The van der Waals surface area contributed by atoms with Gasteiger partial charge in [0.2, 0.25) is 0 Å². The fourth-order valence-electron chi connectivity index (χ4n) is 3.60. The highest BCUT2D eigenvalue weighted by Gasteiger charge is 2.38. The Bertz CT molecular complexity index is 865. The van der Waals surface area contributed by atoms with Crippen molar-refractivity contribution in [3.63, 3.8) is 0 Å². The topological polar surface area (TPSA) is 50.5 Å². The third kappa shape index (κ3) is 4.75. The van der Waals surface area contributed by atoms with Crippen LogP contribution in [-0.2, 0) is 12.7 Å². The van der Waals surface area contributed by atoms with Gasteiger partial charge in [0.15, 0.2) is 5.69 Å². The molecule has 1 N–H and O–H groups in total. The number of anilines is 1. The first-order valence-electron chi connectivity index (χ1n) is 9.18. The smallest absolute Gasteiger partial charge is 0.436 e. The molecular formula is C19H22Cl2F3N3O2. The van der Waals surface area contributed by atoms with Crippen LogP contribution in [0.15, 0.2) is 18.2 Å². The number of ether oxygens (including phenoxy) is 1. The van der Waals surface area contributed by atoms with Crippen LogP contribution in [0.25, 0.3) is 0 Å². The number of benzene rings is 1. The molecule has 1 atom stereocenters. The molecule has 0 bridgehead atoms. The Balaban J connectivity index is 1.63. The molecule has 5 nitrogen and oxygen atoms in total. The molecule has 3 rings (SSSR count). The van der Waals surface area contributed by atoms with Gasteiger partial charge >= 0.3 is 6.18 Å². The fraction of sp³-hybridized carbons (Fsp3) is 0.526. The van der Waals surface area contributed by atoms with E-state index in [1.807, 2.05) is 12.1 Å². The second kappa shape index (κ2) is 8.62. The van der Waals surface area contributed by atoms with Crippen LogP contribution in [-0.4, -0.2) is 41.2 Å². The molecule has 0 spiro atoms. The molecule has 0 aliphatic carbocycles. The number of rotatable bonds is 5. The summed E-state index contributed by atoms with van der Waals surface area (Å²) >= 11 is 11.8. The van der Waals surface area contributed by atoms with Gasteiger partial charge in [-0.05, 0) is 37.8 Å². The minimum Gasteiger partial charge on any atom is -0.495 e. The fourth-order valence-corrected chi connectivity index (χ4v) is 4.03. The maximum Gasteiger partial charge on any atom is 0.436 e. The molecule has 1 fully saturated rings. The summed E-state index contributed by atoms with van der Waals surface area (Å²) in [7, 11) is 1.56. The van der Waals surface area contributed by atoms with E-state index in [4.69, 9.17) is 27.9 Å². The van der Waals surface area contributed by atoms with Gasteiger partial charge in [0.25, 0.3) is 0 Å². The van der Waals surface area contributed by atoms with Crippen molar-refractivity contribution < 1.29 is 23.0 Å². The maximum atomic E-state index is 13.0. The van der Waals surface area contributed by atoms with Gasteiger partial charge in [-0.1, -0.05) is 23.2 Å². The molecule has 2 heterocycles. The lowest BCUT2D eigenvalue weighted by molar-refractivity contribution is -0.141. The number of aliphatic hydroxyl groups excluding tert-OH is 1. The lowest BCUT2D eigenvalue weighted by Crippen LogP contribution is -2.39. The Hall–Kier alpha value is -1.64. The summed E-state index contributed by atoms with van der Waals surface area (Å²) in [5.41, 5.74) is 0.0582. The van der Waals surface area contributed by atoms with E-state index < -0.39 is 23.0 Å².